The molecule has 1 aliphatic rings. The Bertz CT molecular complexity index is 1210. The van der Waals surface area contributed by atoms with Gasteiger partial charge in [0.25, 0.3) is 5.91 Å². The molecule has 164 valence electrons. The molecule has 32 heavy (non-hydrogen) atoms. The molecule has 1 N–H and O–H groups in total. The van der Waals surface area contributed by atoms with Crippen molar-refractivity contribution in [2.24, 2.45) is 4.99 Å². The Morgan fingerprint density at radius 2 is 1.88 bits per heavy atom. The van der Waals surface area contributed by atoms with Gasteiger partial charge in [0.05, 0.1) is 9.13 Å². The van der Waals surface area contributed by atoms with E-state index in [1.807, 2.05) is 42.5 Å². The summed E-state index contributed by atoms with van der Waals surface area (Å²) in [6.07, 6.45) is 5.76. The Kier molecular flexibility index (Phi) is 7.62. The number of hydrogen-bond acceptors (Lipinski definition) is 5. The largest absolute Gasteiger partial charge is 0.425 e. The van der Waals surface area contributed by atoms with Crippen molar-refractivity contribution in [3.8, 4) is 5.75 Å². The first kappa shape index (κ1) is 23.4. The molecule has 0 saturated heterocycles. The van der Waals surface area contributed by atoms with Gasteiger partial charge in [-0.1, -0.05) is 18.2 Å². The number of nitrogens with zero attached hydrogens (tertiary/aromatic N) is 1. The minimum atomic E-state index is -0.381. The number of anilines is 1. The van der Waals surface area contributed by atoms with Gasteiger partial charge < -0.3 is 10.1 Å². The number of halogens is 2. The van der Waals surface area contributed by atoms with E-state index in [0.717, 1.165) is 44.1 Å². The summed E-state index contributed by atoms with van der Waals surface area (Å²) in [6, 6.07) is 13.3. The summed E-state index contributed by atoms with van der Waals surface area (Å²) in [5, 5.41) is 3.70. The Morgan fingerprint density at radius 3 is 2.62 bits per heavy atom. The van der Waals surface area contributed by atoms with Gasteiger partial charge in [-0.25, -0.2) is 4.99 Å². The zero-order chi connectivity index (χ0) is 22.7. The average molecular weight is 670 g/mol. The van der Waals surface area contributed by atoms with Crippen LogP contribution in [0.1, 0.15) is 46.1 Å². The molecule has 1 heterocycles. The summed E-state index contributed by atoms with van der Waals surface area (Å²) < 4.78 is 7.28. The van der Waals surface area contributed by atoms with Crippen molar-refractivity contribution < 1.29 is 14.3 Å². The highest BCUT2D eigenvalue weighted by atomic mass is 127. The summed E-state index contributed by atoms with van der Waals surface area (Å²) in [4.78, 5) is 30.8. The highest BCUT2D eigenvalue weighted by Gasteiger charge is 2.25. The lowest BCUT2D eigenvalue weighted by atomic mass is 9.95. The van der Waals surface area contributed by atoms with Crippen LogP contribution in [0.15, 0.2) is 47.5 Å². The molecule has 0 spiro atoms. The maximum Gasteiger partial charge on any atom is 0.308 e. The Labute approximate surface area is 218 Å². The first-order valence-electron chi connectivity index (χ1n) is 10.1. The number of amides is 1. The molecule has 3 aromatic rings. The minimum Gasteiger partial charge on any atom is -0.425 e. The van der Waals surface area contributed by atoms with E-state index in [-0.39, 0.29) is 11.9 Å². The van der Waals surface area contributed by atoms with Crippen LogP contribution >= 0.6 is 56.5 Å². The van der Waals surface area contributed by atoms with Crippen LogP contribution in [0.2, 0.25) is 0 Å². The molecule has 0 saturated carbocycles. The third kappa shape index (κ3) is 5.40. The predicted molar refractivity (Wildman–Crippen MR) is 146 cm³/mol. The molecule has 1 aliphatic carbocycles. The second kappa shape index (κ2) is 10.4. The molecule has 2 aromatic carbocycles. The minimum absolute atomic E-state index is 0.139. The Balaban J connectivity index is 1.73. The molecule has 0 unspecified atom stereocenters. The van der Waals surface area contributed by atoms with Crippen molar-refractivity contribution in [3.05, 3.63) is 71.2 Å². The van der Waals surface area contributed by atoms with E-state index >= 15 is 0 Å². The maximum absolute atomic E-state index is 13.2. The van der Waals surface area contributed by atoms with E-state index in [0.29, 0.717) is 21.9 Å². The number of benzene rings is 2. The van der Waals surface area contributed by atoms with Gasteiger partial charge in [-0.15, -0.1) is 11.3 Å². The van der Waals surface area contributed by atoms with Crippen molar-refractivity contribution in [1.82, 2.24) is 0 Å². The van der Waals surface area contributed by atoms with Crippen LogP contribution in [0.3, 0.4) is 0 Å². The molecule has 1 aromatic heterocycles. The highest BCUT2D eigenvalue weighted by molar-refractivity contribution is 14.1. The number of fused-ring (bicyclic) bond motifs is 1. The monoisotopic (exact) mass is 670 g/mol. The fraction of sp³-hybridized carbons (Fsp3) is 0.208. The lowest BCUT2D eigenvalue weighted by Gasteiger charge is -2.12. The number of carbonyl (C=O) groups excluding carboxylic acids is 2. The van der Waals surface area contributed by atoms with Crippen molar-refractivity contribution in [3.63, 3.8) is 0 Å². The summed E-state index contributed by atoms with van der Waals surface area (Å²) in [7, 11) is 0. The van der Waals surface area contributed by atoms with Crippen LogP contribution in [-0.4, -0.2) is 18.1 Å². The van der Waals surface area contributed by atoms with Crippen LogP contribution in [0.25, 0.3) is 0 Å². The number of esters is 1. The molecule has 1 amide bonds. The van der Waals surface area contributed by atoms with Gasteiger partial charge in [-0.05, 0) is 101 Å². The zero-order valence-electron chi connectivity index (χ0n) is 17.3. The van der Waals surface area contributed by atoms with Crippen LogP contribution in [0.5, 0.6) is 5.75 Å². The molecular formula is C24H20I2N2O3S. The number of nitrogens with one attached hydrogen (secondary N) is 1. The number of rotatable bonds is 5. The highest BCUT2D eigenvalue weighted by Crippen LogP contribution is 2.40. The number of ether oxygens (including phenoxy) is 1. The summed E-state index contributed by atoms with van der Waals surface area (Å²) in [5.41, 5.74) is 3.23. The first-order chi connectivity index (χ1) is 15.4. The predicted octanol–water partition coefficient (Wildman–Crippen LogP) is 6.76. The molecule has 8 heteroatoms. The smallest absolute Gasteiger partial charge is 0.308 e. The van der Waals surface area contributed by atoms with E-state index in [4.69, 9.17) is 9.73 Å². The van der Waals surface area contributed by atoms with Gasteiger partial charge in [0.2, 0.25) is 0 Å². The van der Waals surface area contributed by atoms with Gasteiger partial charge in [0.1, 0.15) is 5.00 Å². The van der Waals surface area contributed by atoms with Crippen LogP contribution in [0, 0.1) is 7.14 Å². The fourth-order valence-electron chi connectivity index (χ4n) is 3.65. The van der Waals surface area contributed by atoms with E-state index in [1.165, 1.54) is 11.8 Å². The number of thiophene rings is 1. The van der Waals surface area contributed by atoms with Crippen molar-refractivity contribution in [1.29, 1.82) is 0 Å². The number of aryl methyl sites for hydroxylation is 1. The van der Waals surface area contributed by atoms with E-state index in [2.05, 4.69) is 50.5 Å². The van der Waals surface area contributed by atoms with Gasteiger partial charge in [0.15, 0.2) is 5.75 Å². The quantitative estimate of drug-likeness (QED) is 0.141. The van der Waals surface area contributed by atoms with Gasteiger partial charge in [-0.3, -0.25) is 9.59 Å². The number of hydrogen-bond donors (Lipinski definition) is 1. The fourth-order valence-corrected chi connectivity index (χ4v) is 6.88. The van der Waals surface area contributed by atoms with E-state index in [1.54, 1.807) is 17.6 Å². The van der Waals surface area contributed by atoms with Gasteiger partial charge >= 0.3 is 5.97 Å². The summed E-state index contributed by atoms with van der Waals surface area (Å²) >= 11 is 5.96. The van der Waals surface area contributed by atoms with Gasteiger partial charge in [-0.2, -0.15) is 0 Å². The normalized spacial score (nSPS) is 13.1. The SMILES string of the molecule is CC(=O)Oc1c(I)cc(I)cc1C=Nc1sc2c(c1C(=O)Nc1ccccc1)CCCC2. The molecule has 0 aliphatic heterocycles. The van der Waals surface area contributed by atoms with E-state index in [9.17, 15) is 9.59 Å². The number of aliphatic imine (C=N–C) groups is 1. The molecule has 0 fully saturated rings. The zero-order valence-corrected chi connectivity index (χ0v) is 22.4. The first-order valence-corrected chi connectivity index (χ1v) is 13.1. The topological polar surface area (TPSA) is 67.8 Å². The summed E-state index contributed by atoms with van der Waals surface area (Å²) in [5.74, 6) is -0.0349. The summed E-state index contributed by atoms with van der Waals surface area (Å²) in [6.45, 7) is 1.38. The van der Waals surface area contributed by atoms with Gasteiger partial charge in [0, 0.05) is 32.8 Å². The average Bonchev–Trinajstić information content (AvgIpc) is 3.13. The number of carbonyl (C=O) groups is 2. The molecular weight excluding hydrogens is 650 g/mol. The second-order valence-corrected chi connectivity index (χ2v) is 10.9. The van der Waals surface area contributed by atoms with Crippen molar-refractivity contribution in [2.45, 2.75) is 32.6 Å². The third-order valence-electron chi connectivity index (χ3n) is 5.02. The molecule has 4 rings (SSSR count). The van der Waals surface area contributed by atoms with Crippen LogP contribution < -0.4 is 10.1 Å². The lowest BCUT2D eigenvalue weighted by Crippen LogP contribution is -2.14. The third-order valence-corrected chi connectivity index (χ3v) is 7.64. The lowest BCUT2D eigenvalue weighted by molar-refractivity contribution is -0.131. The molecule has 0 radical (unpaired) electrons. The molecule has 0 atom stereocenters. The maximum atomic E-state index is 13.2. The van der Waals surface area contributed by atoms with E-state index < -0.39 is 0 Å². The van der Waals surface area contributed by atoms with Crippen LogP contribution in [-0.2, 0) is 17.6 Å². The molecule has 0 bridgehead atoms. The standard InChI is InChI=1S/C24H20I2N2O3S/c1-14(29)31-22-15(11-16(25)12-19(22)26)13-27-24-21(18-9-5-6-10-20(18)32-24)23(30)28-17-7-3-2-4-8-17/h2-4,7-8,11-13H,5-6,9-10H2,1H3,(H,28,30). The molecule has 5 nitrogen and oxygen atoms in total. The van der Waals surface area contributed by atoms with Crippen molar-refractivity contribution in [2.75, 3.05) is 5.32 Å². The van der Waals surface area contributed by atoms with Crippen molar-refractivity contribution >= 4 is 85.3 Å². The van der Waals surface area contributed by atoms with Crippen LogP contribution in [0.4, 0.5) is 10.7 Å². The Morgan fingerprint density at radius 1 is 1.12 bits per heavy atom. The second-order valence-electron chi connectivity index (χ2n) is 7.37. The number of para-hydroxylation sites is 1. The Hall–Kier alpha value is -1.79.